The van der Waals surface area contributed by atoms with E-state index < -0.39 is 5.60 Å². The van der Waals surface area contributed by atoms with Gasteiger partial charge in [0.25, 0.3) is 0 Å². The van der Waals surface area contributed by atoms with E-state index in [0.717, 1.165) is 23.5 Å². The largest absolute Gasteiger partial charge is 0.444 e. The van der Waals surface area contributed by atoms with E-state index >= 15 is 0 Å². The van der Waals surface area contributed by atoms with Gasteiger partial charge in [-0.15, -0.1) is 11.3 Å². The van der Waals surface area contributed by atoms with Crippen LogP contribution in [0.3, 0.4) is 0 Å². The Hall–Kier alpha value is -1.63. The van der Waals surface area contributed by atoms with E-state index in [2.05, 4.69) is 10.3 Å². The topological polar surface area (TPSA) is 71.5 Å². The molecule has 0 aliphatic carbocycles. The SMILES string of the molecule is Cc1csc(CNC(=O)[C@@H]2CCCN(C(=O)OC(C)(C)C)C2)n1. The second-order valence-corrected chi connectivity index (χ2v) is 7.81. The number of aryl methyl sites for hydroxylation is 1. The Morgan fingerprint density at radius 2 is 2.22 bits per heavy atom. The minimum atomic E-state index is -0.519. The lowest BCUT2D eigenvalue weighted by molar-refractivity contribution is -0.126. The number of thiazole rings is 1. The fourth-order valence-electron chi connectivity index (χ4n) is 2.47. The molecule has 0 radical (unpaired) electrons. The van der Waals surface area contributed by atoms with Crippen LogP contribution in [0, 0.1) is 12.8 Å². The minimum Gasteiger partial charge on any atom is -0.444 e. The maximum absolute atomic E-state index is 12.3. The van der Waals surface area contributed by atoms with Crippen LogP contribution in [0.25, 0.3) is 0 Å². The van der Waals surface area contributed by atoms with Gasteiger partial charge < -0.3 is 15.0 Å². The second kappa shape index (κ2) is 7.29. The zero-order valence-electron chi connectivity index (χ0n) is 14.2. The molecule has 23 heavy (non-hydrogen) atoms. The third kappa shape index (κ3) is 5.49. The van der Waals surface area contributed by atoms with Gasteiger partial charge in [0.15, 0.2) is 0 Å². The van der Waals surface area contributed by atoms with Gasteiger partial charge in [0.1, 0.15) is 10.6 Å². The van der Waals surface area contributed by atoms with Gasteiger partial charge in [-0.25, -0.2) is 9.78 Å². The van der Waals surface area contributed by atoms with Crippen molar-refractivity contribution >= 4 is 23.3 Å². The van der Waals surface area contributed by atoms with Crippen molar-refractivity contribution in [3.63, 3.8) is 0 Å². The van der Waals surface area contributed by atoms with Crippen LogP contribution in [-0.4, -0.2) is 40.6 Å². The van der Waals surface area contributed by atoms with Crippen LogP contribution >= 0.6 is 11.3 Å². The number of hydrogen-bond donors (Lipinski definition) is 1. The van der Waals surface area contributed by atoms with Crippen molar-refractivity contribution in [2.24, 2.45) is 5.92 Å². The van der Waals surface area contributed by atoms with Crippen molar-refractivity contribution in [3.05, 3.63) is 16.1 Å². The summed E-state index contributed by atoms with van der Waals surface area (Å²) in [7, 11) is 0. The maximum Gasteiger partial charge on any atom is 0.410 e. The molecule has 1 atom stereocenters. The average Bonchev–Trinajstić information content (AvgIpc) is 2.89. The zero-order valence-corrected chi connectivity index (χ0v) is 15.0. The molecule has 1 fully saturated rings. The van der Waals surface area contributed by atoms with Gasteiger partial charge in [-0.05, 0) is 40.5 Å². The van der Waals surface area contributed by atoms with Gasteiger partial charge in [0.2, 0.25) is 5.91 Å². The molecule has 2 heterocycles. The molecule has 1 aromatic heterocycles. The normalized spacial score (nSPS) is 18.6. The Labute approximate surface area is 141 Å². The maximum atomic E-state index is 12.3. The monoisotopic (exact) mass is 339 g/mol. The fraction of sp³-hybridized carbons (Fsp3) is 0.688. The highest BCUT2D eigenvalue weighted by Gasteiger charge is 2.30. The summed E-state index contributed by atoms with van der Waals surface area (Å²) >= 11 is 1.54. The minimum absolute atomic E-state index is 0.0221. The van der Waals surface area contributed by atoms with E-state index in [1.54, 1.807) is 4.90 Å². The standard InChI is InChI=1S/C16H25N3O3S/c1-11-10-23-13(18-11)8-17-14(20)12-6-5-7-19(9-12)15(21)22-16(2,3)4/h10,12H,5-9H2,1-4H3,(H,17,20)/t12-/m1/s1. The first-order valence-electron chi connectivity index (χ1n) is 7.91. The molecule has 0 unspecified atom stereocenters. The lowest BCUT2D eigenvalue weighted by atomic mass is 9.97. The first-order valence-corrected chi connectivity index (χ1v) is 8.79. The van der Waals surface area contributed by atoms with Crippen molar-refractivity contribution in [1.82, 2.24) is 15.2 Å². The third-order valence-electron chi connectivity index (χ3n) is 3.52. The molecule has 0 bridgehead atoms. The van der Waals surface area contributed by atoms with Gasteiger partial charge in [-0.2, -0.15) is 0 Å². The third-order valence-corrected chi connectivity index (χ3v) is 4.49. The average molecular weight is 339 g/mol. The number of carbonyl (C=O) groups excluding carboxylic acids is 2. The van der Waals surface area contributed by atoms with Crippen LogP contribution in [0.15, 0.2) is 5.38 Å². The van der Waals surface area contributed by atoms with Gasteiger partial charge >= 0.3 is 6.09 Å². The highest BCUT2D eigenvalue weighted by Crippen LogP contribution is 2.20. The summed E-state index contributed by atoms with van der Waals surface area (Å²) in [5.74, 6) is -0.205. The van der Waals surface area contributed by atoms with Gasteiger partial charge in [-0.1, -0.05) is 0 Å². The molecule has 0 aromatic carbocycles. The fourth-order valence-corrected chi connectivity index (χ4v) is 3.19. The number of nitrogens with zero attached hydrogens (tertiary/aromatic N) is 2. The predicted molar refractivity (Wildman–Crippen MR) is 89.2 cm³/mol. The molecule has 6 nitrogen and oxygen atoms in total. The molecule has 1 N–H and O–H groups in total. The van der Waals surface area contributed by atoms with Crippen molar-refractivity contribution in [2.45, 2.75) is 52.7 Å². The predicted octanol–water partition coefficient (Wildman–Crippen LogP) is 2.71. The first kappa shape index (κ1) is 17.7. The summed E-state index contributed by atoms with van der Waals surface area (Å²) in [6.45, 7) is 8.96. The first-order chi connectivity index (χ1) is 10.7. The van der Waals surface area contributed by atoms with Crippen LogP contribution in [0.4, 0.5) is 4.79 Å². The molecule has 128 valence electrons. The Bertz CT molecular complexity index is 565. The molecular weight excluding hydrogens is 314 g/mol. The van der Waals surface area contributed by atoms with Gasteiger partial charge in [0.05, 0.1) is 12.5 Å². The number of ether oxygens (including phenoxy) is 1. The molecule has 2 amide bonds. The number of rotatable bonds is 3. The summed E-state index contributed by atoms with van der Waals surface area (Å²) in [6.07, 6.45) is 1.26. The van der Waals surface area contributed by atoms with Crippen LogP contribution in [0.5, 0.6) is 0 Å². The zero-order chi connectivity index (χ0) is 17.0. The van der Waals surface area contributed by atoms with Gasteiger partial charge in [0, 0.05) is 24.2 Å². The molecule has 0 saturated carbocycles. The van der Waals surface area contributed by atoms with Crippen LogP contribution in [-0.2, 0) is 16.1 Å². The van der Waals surface area contributed by atoms with E-state index in [1.807, 2.05) is 33.1 Å². The summed E-state index contributed by atoms with van der Waals surface area (Å²) in [5.41, 5.74) is 0.447. The number of hydrogen-bond acceptors (Lipinski definition) is 5. The molecular formula is C16H25N3O3S. The number of nitrogens with one attached hydrogen (secondary N) is 1. The number of carbonyl (C=O) groups is 2. The van der Waals surface area contributed by atoms with Crippen LogP contribution in [0.2, 0.25) is 0 Å². The Morgan fingerprint density at radius 1 is 1.48 bits per heavy atom. The van der Waals surface area contributed by atoms with Crippen LogP contribution < -0.4 is 5.32 Å². The number of aromatic nitrogens is 1. The Kier molecular flexibility index (Phi) is 5.62. The quantitative estimate of drug-likeness (QED) is 0.919. The second-order valence-electron chi connectivity index (χ2n) is 6.87. The van der Waals surface area contributed by atoms with E-state index in [-0.39, 0.29) is 17.9 Å². The number of likely N-dealkylation sites (tertiary alicyclic amines) is 1. The lowest BCUT2D eigenvalue weighted by Crippen LogP contribution is -2.46. The van der Waals surface area contributed by atoms with E-state index in [0.29, 0.717) is 19.6 Å². The Morgan fingerprint density at radius 3 is 2.83 bits per heavy atom. The van der Waals surface area contributed by atoms with E-state index in [9.17, 15) is 9.59 Å². The van der Waals surface area contributed by atoms with Crippen LogP contribution in [0.1, 0.15) is 44.3 Å². The highest BCUT2D eigenvalue weighted by atomic mass is 32.1. The molecule has 1 aliphatic rings. The van der Waals surface area contributed by atoms with Gasteiger partial charge in [-0.3, -0.25) is 4.79 Å². The summed E-state index contributed by atoms with van der Waals surface area (Å²) in [4.78, 5) is 30.4. The molecule has 1 aromatic rings. The van der Waals surface area contributed by atoms with E-state index in [4.69, 9.17) is 4.74 Å². The molecule has 2 rings (SSSR count). The smallest absolute Gasteiger partial charge is 0.410 e. The van der Waals surface area contributed by atoms with Crippen molar-refractivity contribution < 1.29 is 14.3 Å². The molecule has 7 heteroatoms. The summed E-state index contributed by atoms with van der Waals surface area (Å²) in [5, 5.41) is 5.78. The lowest BCUT2D eigenvalue weighted by Gasteiger charge is -2.33. The Balaban J connectivity index is 1.85. The summed E-state index contributed by atoms with van der Waals surface area (Å²) in [6, 6.07) is 0. The molecule has 1 aliphatic heterocycles. The molecule has 0 spiro atoms. The highest BCUT2D eigenvalue weighted by molar-refractivity contribution is 7.09. The van der Waals surface area contributed by atoms with Crippen molar-refractivity contribution in [2.75, 3.05) is 13.1 Å². The summed E-state index contributed by atoms with van der Waals surface area (Å²) < 4.78 is 5.38. The van der Waals surface area contributed by atoms with Crippen molar-refractivity contribution in [3.8, 4) is 0 Å². The number of piperidine rings is 1. The molecule has 1 saturated heterocycles. The van der Waals surface area contributed by atoms with Crippen molar-refractivity contribution in [1.29, 1.82) is 0 Å². The van der Waals surface area contributed by atoms with E-state index in [1.165, 1.54) is 11.3 Å². The number of amides is 2.